The summed E-state index contributed by atoms with van der Waals surface area (Å²) < 4.78 is 0. The summed E-state index contributed by atoms with van der Waals surface area (Å²) >= 11 is 1.67. The van der Waals surface area contributed by atoms with Crippen molar-refractivity contribution in [2.24, 2.45) is 0 Å². The highest BCUT2D eigenvalue weighted by Crippen LogP contribution is 2.08. The van der Waals surface area contributed by atoms with Crippen LogP contribution < -0.4 is 0 Å². The molecule has 0 unspecified atom stereocenters. The molecule has 0 aliphatic rings. The van der Waals surface area contributed by atoms with Crippen LogP contribution >= 0.6 is 11.3 Å². The van der Waals surface area contributed by atoms with Gasteiger partial charge in [-0.3, -0.25) is 9.97 Å². The van der Waals surface area contributed by atoms with Gasteiger partial charge < -0.3 is 0 Å². The minimum absolute atomic E-state index is 0.547. The maximum Gasteiger partial charge on any atom is 0.0893 e. The first-order valence-electron chi connectivity index (χ1n) is 5.97. The van der Waals surface area contributed by atoms with Gasteiger partial charge in [0.15, 0.2) is 0 Å². The standard InChI is InChI=1S/C8H11N.C4H5NS.C2H6/c1-7(2)8-5-3-4-6-9-8;1-4-5-2-3-6-4;1-2/h3-7H,1-2H3;2-3H,1H3;1-2H3. The van der Waals surface area contributed by atoms with E-state index in [1.165, 1.54) is 0 Å². The zero-order valence-corrected chi connectivity index (χ0v) is 12.2. The summed E-state index contributed by atoms with van der Waals surface area (Å²) in [4.78, 5) is 8.11. The molecular weight excluding hydrogens is 228 g/mol. The van der Waals surface area contributed by atoms with Gasteiger partial charge in [-0.15, -0.1) is 11.3 Å². The van der Waals surface area contributed by atoms with Gasteiger partial charge in [-0.2, -0.15) is 0 Å². The van der Waals surface area contributed by atoms with Gasteiger partial charge in [-0.05, 0) is 25.0 Å². The molecular formula is C14H22N2S. The fourth-order valence-corrected chi connectivity index (χ4v) is 1.45. The van der Waals surface area contributed by atoms with Crippen LogP contribution in [0, 0.1) is 6.92 Å². The van der Waals surface area contributed by atoms with E-state index in [0.29, 0.717) is 5.92 Å². The molecule has 17 heavy (non-hydrogen) atoms. The predicted molar refractivity (Wildman–Crippen MR) is 76.5 cm³/mol. The third kappa shape index (κ3) is 7.64. The van der Waals surface area contributed by atoms with Crippen molar-refractivity contribution in [3.8, 4) is 0 Å². The highest BCUT2D eigenvalue weighted by atomic mass is 32.1. The van der Waals surface area contributed by atoms with Crippen LogP contribution in [0.1, 0.15) is 44.3 Å². The van der Waals surface area contributed by atoms with E-state index < -0.39 is 0 Å². The first kappa shape index (κ1) is 15.8. The Kier molecular flexibility index (Phi) is 9.25. The van der Waals surface area contributed by atoms with Crippen LogP contribution in [-0.4, -0.2) is 9.97 Å². The Labute approximate surface area is 109 Å². The van der Waals surface area contributed by atoms with Crippen molar-refractivity contribution in [3.63, 3.8) is 0 Å². The molecule has 2 aromatic rings. The zero-order chi connectivity index (χ0) is 13.1. The SMILES string of the molecule is CC.CC(C)c1ccccn1.Cc1nccs1. The number of hydrogen-bond donors (Lipinski definition) is 0. The number of hydrogen-bond acceptors (Lipinski definition) is 3. The van der Waals surface area contributed by atoms with Gasteiger partial charge in [0.1, 0.15) is 0 Å². The van der Waals surface area contributed by atoms with Gasteiger partial charge in [0.25, 0.3) is 0 Å². The van der Waals surface area contributed by atoms with Crippen molar-refractivity contribution in [1.82, 2.24) is 9.97 Å². The van der Waals surface area contributed by atoms with Crippen LogP contribution in [0.25, 0.3) is 0 Å². The molecule has 0 aromatic carbocycles. The Balaban J connectivity index is 0.000000278. The number of pyridine rings is 1. The van der Waals surface area contributed by atoms with Crippen molar-refractivity contribution in [2.75, 3.05) is 0 Å². The Hall–Kier alpha value is -1.22. The van der Waals surface area contributed by atoms with E-state index in [0.717, 1.165) is 10.7 Å². The van der Waals surface area contributed by atoms with Crippen LogP contribution in [-0.2, 0) is 0 Å². The van der Waals surface area contributed by atoms with Crippen molar-refractivity contribution < 1.29 is 0 Å². The second kappa shape index (κ2) is 9.97. The van der Waals surface area contributed by atoms with Crippen molar-refractivity contribution in [2.45, 2.75) is 40.5 Å². The number of aryl methyl sites for hydroxylation is 1. The first-order chi connectivity index (χ1) is 8.20. The summed E-state index contributed by atoms with van der Waals surface area (Å²) in [6, 6.07) is 6.00. The van der Waals surface area contributed by atoms with Gasteiger partial charge in [-0.25, -0.2) is 0 Å². The van der Waals surface area contributed by atoms with Crippen molar-refractivity contribution in [1.29, 1.82) is 0 Å². The maximum atomic E-state index is 4.18. The van der Waals surface area contributed by atoms with E-state index in [4.69, 9.17) is 0 Å². The fraction of sp³-hybridized carbons (Fsp3) is 0.429. The lowest BCUT2D eigenvalue weighted by Crippen LogP contribution is -1.88. The van der Waals surface area contributed by atoms with E-state index in [1.807, 2.05) is 50.5 Å². The van der Waals surface area contributed by atoms with E-state index in [-0.39, 0.29) is 0 Å². The second-order valence-electron chi connectivity index (χ2n) is 3.46. The van der Waals surface area contributed by atoms with E-state index in [2.05, 4.69) is 23.8 Å². The molecule has 94 valence electrons. The van der Waals surface area contributed by atoms with Crippen LogP contribution in [0.4, 0.5) is 0 Å². The third-order valence-electron chi connectivity index (χ3n) is 1.84. The van der Waals surface area contributed by atoms with Crippen LogP contribution in [0.15, 0.2) is 36.0 Å². The Morgan fingerprint density at radius 2 is 1.76 bits per heavy atom. The molecule has 2 nitrogen and oxygen atoms in total. The summed E-state index contributed by atoms with van der Waals surface area (Å²) in [5, 5.41) is 3.10. The minimum Gasteiger partial charge on any atom is -0.261 e. The lowest BCUT2D eigenvalue weighted by Gasteiger charge is -2.00. The summed E-state index contributed by atoms with van der Waals surface area (Å²) in [6.07, 6.45) is 3.63. The van der Waals surface area contributed by atoms with Gasteiger partial charge in [0, 0.05) is 23.5 Å². The highest BCUT2D eigenvalue weighted by molar-refractivity contribution is 7.09. The fourth-order valence-electron chi connectivity index (χ4n) is 1.01. The average Bonchev–Trinajstić information content (AvgIpc) is 2.85. The second-order valence-corrected chi connectivity index (χ2v) is 4.56. The molecule has 0 saturated heterocycles. The largest absolute Gasteiger partial charge is 0.261 e. The lowest BCUT2D eigenvalue weighted by molar-refractivity contribution is 0.823. The molecule has 0 aliphatic carbocycles. The van der Waals surface area contributed by atoms with Crippen LogP contribution in [0.3, 0.4) is 0 Å². The van der Waals surface area contributed by atoms with Gasteiger partial charge in [0.05, 0.1) is 5.01 Å². The smallest absolute Gasteiger partial charge is 0.0893 e. The molecule has 2 heterocycles. The van der Waals surface area contributed by atoms with Gasteiger partial charge in [-0.1, -0.05) is 33.8 Å². The lowest BCUT2D eigenvalue weighted by atomic mass is 10.1. The average molecular weight is 250 g/mol. The predicted octanol–water partition coefficient (Wildman–Crippen LogP) is 4.68. The zero-order valence-electron chi connectivity index (χ0n) is 11.3. The molecule has 3 heteroatoms. The Morgan fingerprint density at radius 1 is 1.06 bits per heavy atom. The summed E-state index contributed by atoms with van der Waals surface area (Å²) in [6.45, 7) is 10.3. The third-order valence-corrected chi connectivity index (χ3v) is 2.54. The molecule has 0 fully saturated rings. The topological polar surface area (TPSA) is 25.8 Å². The van der Waals surface area contributed by atoms with Crippen molar-refractivity contribution >= 4 is 11.3 Å². The van der Waals surface area contributed by atoms with Crippen molar-refractivity contribution in [3.05, 3.63) is 46.7 Å². The molecule has 2 aromatic heterocycles. The quantitative estimate of drug-likeness (QED) is 0.734. The van der Waals surface area contributed by atoms with E-state index >= 15 is 0 Å². The molecule has 0 amide bonds. The molecule has 2 rings (SSSR count). The summed E-state index contributed by atoms with van der Waals surface area (Å²) in [5.41, 5.74) is 1.16. The Morgan fingerprint density at radius 3 is 2.00 bits per heavy atom. The van der Waals surface area contributed by atoms with Crippen LogP contribution in [0.2, 0.25) is 0 Å². The van der Waals surface area contributed by atoms with Gasteiger partial charge >= 0.3 is 0 Å². The molecule has 0 N–H and O–H groups in total. The normalized spacial score (nSPS) is 8.82. The number of aromatic nitrogens is 2. The number of rotatable bonds is 1. The first-order valence-corrected chi connectivity index (χ1v) is 6.85. The molecule has 0 aliphatic heterocycles. The molecule has 0 atom stereocenters. The molecule has 0 saturated carbocycles. The summed E-state index contributed by atoms with van der Waals surface area (Å²) in [5.74, 6) is 0.547. The molecule has 0 radical (unpaired) electrons. The molecule has 0 spiro atoms. The van der Waals surface area contributed by atoms with E-state index in [9.17, 15) is 0 Å². The minimum atomic E-state index is 0.547. The number of nitrogens with zero attached hydrogens (tertiary/aromatic N) is 2. The number of thiazole rings is 1. The Bertz CT molecular complexity index is 355. The monoisotopic (exact) mass is 250 g/mol. The maximum absolute atomic E-state index is 4.18. The van der Waals surface area contributed by atoms with Gasteiger partial charge in [0.2, 0.25) is 0 Å². The molecule has 0 bridgehead atoms. The van der Waals surface area contributed by atoms with E-state index in [1.54, 1.807) is 17.5 Å². The summed E-state index contributed by atoms with van der Waals surface area (Å²) in [7, 11) is 0. The van der Waals surface area contributed by atoms with Crippen LogP contribution in [0.5, 0.6) is 0 Å². The highest BCUT2D eigenvalue weighted by Gasteiger charge is 1.95.